The smallest absolute Gasteiger partial charge is 0.337 e. The highest BCUT2D eigenvalue weighted by atomic mass is 16.5. The SMILES string of the molecule is CCOC(=O)CC(C(=O)OCC)(c1ccccc1)N(CC)c1ccc(OC)cc1. The molecule has 0 amide bonds. The van der Waals surface area contributed by atoms with E-state index < -0.39 is 17.5 Å². The summed E-state index contributed by atoms with van der Waals surface area (Å²) in [6.45, 7) is 6.35. The molecule has 1 unspecified atom stereocenters. The summed E-state index contributed by atoms with van der Waals surface area (Å²) in [5.74, 6) is -0.245. The Morgan fingerprint density at radius 3 is 2.03 bits per heavy atom. The van der Waals surface area contributed by atoms with Gasteiger partial charge in [-0.1, -0.05) is 30.3 Å². The van der Waals surface area contributed by atoms with Crippen LogP contribution in [0, 0.1) is 0 Å². The van der Waals surface area contributed by atoms with E-state index in [2.05, 4.69) is 0 Å². The number of methoxy groups -OCH3 is 1. The van der Waals surface area contributed by atoms with Gasteiger partial charge in [0.1, 0.15) is 5.75 Å². The summed E-state index contributed by atoms with van der Waals surface area (Å²) in [5.41, 5.74) is 0.0889. The molecule has 156 valence electrons. The molecule has 0 saturated carbocycles. The van der Waals surface area contributed by atoms with Crippen molar-refractivity contribution >= 4 is 17.6 Å². The Balaban J connectivity index is 2.68. The van der Waals surface area contributed by atoms with Gasteiger partial charge in [-0.25, -0.2) is 4.79 Å². The van der Waals surface area contributed by atoms with Crippen molar-refractivity contribution in [3.8, 4) is 5.75 Å². The highest BCUT2D eigenvalue weighted by molar-refractivity contribution is 5.92. The quantitative estimate of drug-likeness (QED) is 0.564. The number of rotatable bonds is 10. The van der Waals surface area contributed by atoms with Gasteiger partial charge >= 0.3 is 11.9 Å². The number of carbonyl (C=O) groups excluding carboxylic acids is 2. The standard InChI is InChI=1S/C23H29NO5/c1-5-24(19-13-15-20(27-4)16-14-19)23(22(26)29-7-3,17-21(25)28-6-2)18-11-9-8-10-12-18/h8-16H,5-7,17H2,1-4H3. The molecule has 0 bridgehead atoms. The van der Waals surface area contributed by atoms with Gasteiger partial charge in [0.05, 0.1) is 26.7 Å². The molecule has 0 aliphatic heterocycles. The summed E-state index contributed by atoms with van der Waals surface area (Å²) in [6, 6.07) is 16.6. The van der Waals surface area contributed by atoms with E-state index in [1.54, 1.807) is 21.0 Å². The van der Waals surface area contributed by atoms with Crippen LogP contribution in [0.3, 0.4) is 0 Å². The average molecular weight is 399 g/mol. The number of carbonyl (C=O) groups is 2. The zero-order valence-electron chi connectivity index (χ0n) is 17.5. The molecule has 0 heterocycles. The fourth-order valence-electron chi connectivity index (χ4n) is 3.47. The van der Waals surface area contributed by atoms with Gasteiger partial charge < -0.3 is 19.1 Å². The van der Waals surface area contributed by atoms with E-state index in [0.717, 1.165) is 5.69 Å². The van der Waals surface area contributed by atoms with Gasteiger partial charge in [-0.2, -0.15) is 0 Å². The molecule has 1 atom stereocenters. The van der Waals surface area contributed by atoms with Crippen LogP contribution in [0.5, 0.6) is 5.75 Å². The largest absolute Gasteiger partial charge is 0.497 e. The van der Waals surface area contributed by atoms with E-state index >= 15 is 0 Å². The van der Waals surface area contributed by atoms with E-state index in [-0.39, 0.29) is 19.6 Å². The van der Waals surface area contributed by atoms with Crippen LogP contribution in [0.15, 0.2) is 54.6 Å². The van der Waals surface area contributed by atoms with Crippen molar-refractivity contribution in [3.05, 3.63) is 60.2 Å². The first-order valence-corrected chi connectivity index (χ1v) is 9.83. The Morgan fingerprint density at radius 2 is 1.52 bits per heavy atom. The minimum atomic E-state index is -1.35. The minimum Gasteiger partial charge on any atom is -0.497 e. The van der Waals surface area contributed by atoms with Gasteiger partial charge in [0, 0.05) is 12.2 Å². The van der Waals surface area contributed by atoms with Crippen molar-refractivity contribution in [2.75, 3.05) is 31.8 Å². The lowest BCUT2D eigenvalue weighted by molar-refractivity contribution is -0.157. The Hall–Kier alpha value is -3.02. The molecule has 6 heteroatoms. The fraction of sp³-hybridized carbons (Fsp3) is 0.391. The summed E-state index contributed by atoms with van der Waals surface area (Å²) < 4.78 is 15.9. The Bertz CT molecular complexity index is 791. The molecule has 2 aromatic carbocycles. The molecule has 2 aromatic rings. The van der Waals surface area contributed by atoms with Crippen LogP contribution in [0.2, 0.25) is 0 Å². The van der Waals surface area contributed by atoms with Crippen LogP contribution >= 0.6 is 0 Å². The number of hydrogen-bond donors (Lipinski definition) is 0. The molecule has 0 aromatic heterocycles. The summed E-state index contributed by atoms with van der Waals surface area (Å²) in [5, 5.41) is 0. The minimum absolute atomic E-state index is 0.163. The van der Waals surface area contributed by atoms with Gasteiger partial charge in [-0.3, -0.25) is 4.79 Å². The first-order valence-electron chi connectivity index (χ1n) is 9.83. The van der Waals surface area contributed by atoms with E-state index in [0.29, 0.717) is 17.9 Å². The van der Waals surface area contributed by atoms with Crippen molar-refractivity contribution in [2.45, 2.75) is 32.7 Å². The second-order valence-electron chi connectivity index (χ2n) is 6.37. The molecule has 0 aliphatic carbocycles. The van der Waals surface area contributed by atoms with Crippen LogP contribution < -0.4 is 9.64 Å². The number of anilines is 1. The molecule has 2 rings (SSSR count). The van der Waals surface area contributed by atoms with Crippen molar-refractivity contribution in [3.63, 3.8) is 0 Å². The zero-order valence-corrected chi connectivity index (χ0v) is 17.5. The third-order valence-electron chi connectivity index (χ3n) is 4.73. The second-order valence-corrected chi connectivity index (χ2v) is 6.37. The van der Waals surface area contributed by atoms with Crippen molar-refractivity contribution in [1.82, 2.24) is 0 Å². The van der Waals surface area contributed by atoms with Crippen molar-refractivity contribution in [1.29, 1.82) is 0 Å². The molecule has 0 saturated heterocycles. The maximum atomic E-state index is 13.4. The average Bonchev–Trinajstić information content (AvgIpc) is 2.75. The van der Waals surface area contributed by atoms with Crippen LogP contribution in [-0.2, 0) is 24.6 Å². The number of likely N-dealkylation sites (N-methyl/N-ethyl adjacent to an activating group) is 1. The summed E-state index contributed by atoms with van der Waals surface area (Å²) in [6.07, 6.45) is -0.163. The van der Waals surface area contributed by atoms with Gasteiger partial charge in [0.25, 0.3) is 0 Å². The van der Waals surface area contributed by atoms with Gasteiger partial charge in [-0.15, -0.1) is 0 Å². The maximum absolute atomic E-state index is 13.4. The third-order valence-corrected chi connectivity index (χ3v) is 4.73. The Morgan fingerprint density at radius 1 is 0.897 bits per heavy atom. The lowest BCUT2D eigenvalue weighted by Gasteiger charge is -2.42. The first-order chi connectivity index (χ1) is 14.0. The molecule has 0 fully saturated rings. The molecule has 0 N–H and O–H groups in total. The number of esters is 2. The van der Waals surface area contributed by atoms with Crippen LogP contribution in [-0.4, -0.2) is 38.8 Å². The van der Waals surface area contributed by atoms with Crippen LogP contribution in [0.1, 0.15) is 32.8 Å². The van der Waals surface area contributed by atoms with Gasteiger partial charge in [0.2, 0.25) is 0 Å². The summed E-state index contributed by atoms with van der Waals surface area (Å²) in [4.78, 5) is 27.9. The van der Waals surface area contributed by atoms with Crippen molar-refractivity contribution in [2.24, 2.45) is 0 Å². The molecular weight excluding hydrogens is 370 g/mol. The molecule has 6 nitrogen and oxygen atoms in total. The number of ether oxygens (including phenoxy) is 3. The zero-order chi connectivity index (χ0) is 21.3. The number of nitrogens with zero attached hydrogens (tertiary/aromatic N) is 1. The van der Waals surface area contributed by atoms with E-state index in [1.165, 1.54) is 0 Å². The van der Waals surface area contributed by atoms with E-state index in [9.17, 15) is 9.59 Å². The predicted octanol–water partition coefficient (Wildman–Crippen LogP) is 3.93. The van der Waals surface area contributed by atoms with E-state index in [4.69, 9.17) is 14.2 Å². The summed E-state index contributed by atoms with van der Waals surface area (Å²) in [7, 11) is 1.60. The van der Waals surface area contributed by atoms with Crippen LogP contribution in [0.4, 0.5) is 5.69 Å². The monoisotopic (exact) mass is 399 g/mol. The number of benzene rings is 2. The summed E-state index contributed by atoms with van der Waals surface area (Å²) >= 11 is 0. The molecular formula is C23H29NO5. The predicted molar refractivity (Wildman–Crippen MR) is 112 cm³/mol. The highest BCUT2D eigenvalue weighted by Gasteiger charge is 2.49. The molecule has 0 radical (unpaired) electrons. The molecule has 0 aliphatic rings. The van der Waals surface area contributed by atoms with Crippen molar-refractivity contribution < 1.29 is 23.8 Å². The first kappa shape index (κ1) is 22.3. The fourth-order valence-corrected chi connectivity index (χ4v) is 3.47. The maximum Gasteiger partial charge on any atom is 0.337 e. The molecule has 29 heavy (non-hydrogen) atoms. The van der Waals surface area contributed by atoms with Crippen LogP contribution in [0.25, 0.3) is 0 Å². The third kappa shape index (κ3) is 4.88. The number of hydrogen-bond acceptors (Lipinski definition) is 6. The Kier molecular flexibility index (Phi) is 8.07. The second kappa shape index (κ2) is 10.5. The Labute approximate surface area is 172 Å². The normalized spacial score (nSPS) is 12.6. The molecule has 0 spiro atoms. The highest BCUT2D eigenvalue weighted by Crippen LogP contribution is 2.38. The van der Waals surface area contributed by atoms with Gasteiger partial charge in [0.15, 0.2) is 5.54 Å². The topological polar surface area (TPSA) is 65.1 Å². The van der Waals surface area contributed by atoms with E-state index in [1.807, 2.05) is 66.4 Å². The lowest BCUT2D eigenvalue weighted by atomic mass is 9.83. The lowest BCUT2D eigenvalue weighted by Crippen LogP contribution is -2.54. The van der Waals surface area contributed by atoms with Gasteiger partial charge in [-0.05, 0) is 50.6 Å².